The van der Waals surface area contributed by atoms with Crippen molar-refractivity contribution in [1.82, 2.24) is 15.2 Å². The zero-order valence-corrected chi connectivity index (χ0v) is 14.2. The molecule has 130 valence electrons. The summed E-state index contributed by atoms with van der Waals surface area (Å²) < 4.78 is 4.99. The number of urea groups is 1. The van der Waals surface area contributed by atoms with Crippen molar-refractivity contribution in [3.63, 3.8) is 0 Å². The van der Waals surface area contributed by atoms with Crippen LogP contribution < -0.4 is 10.1 Å². The van der Waals surface area contributed by atoms with E-state index in [2.05, 4.69) is 10.3 Å². The van der Waals surface area contributed by atoms with Crippen molar-refractivity contribution in [3.8, 4) is 5.88 Å². The van der Waals surface area contributed by atoms with Crippen LogP contribution in [0.3, 0.4) is 0 Å². The second kappa shape index (κ2) is 6.47. The van der Waals surface area contributed by atoms with Gasteiger partial charge < -0.3 is 20.1 Å². The number of aromatic nitrogens is 1. The predicted molar refractivity (Wildman–Crippen MR) is 87.0 cm³/mol. The van der Waals surface area contributed by atoms with Crippen LogP contribution in [0.2, 0.25) is 5.02 Å². The maximum absolute atomic E-state index is 12.4. The lowest BCUT2D eigenvalue weighted by molar-refractivity contribution is -0.149. The highest BCUT2D eigenvalue weighted by molar-refractivity contribution is 6.31. The third-order valence-corrected chi connectivity index (χ3v) is 5.36. The summed E-state index contributed by atoms with van der Waals surface area (Å²) >= 11 is 6.01. The molecule has 0 unspecified atom stereocenters. The number of hydrogen-bond donors (Lipinski definition) is 2. The monoisotopic (exact) mass is 353 g/mol. The maximum Gasteiger partial charge on any atom is 0.317 e. The Morgan fingerprint density at radius 2 is 2.38 bits per heavy atom. The molecule has 2 atom stereocenters. The third kappa shape index (κ3) is 2.88. The Morgan fingerprint density at radius 3 is 3.00 bits per heavy atom. The third-order valence-electron chi connectivity index (χ3n) is 5.09. The Labute approximate surface area is 144 Å². The summed E-state index contributed by atoms with van der Waals surface area (Å²) in [7, 11) is 1.48. The summed E-state index contributed by atoms with van der Waals surface area (Å²) in [6.45, 7) is 1.05. The fourth-order valence-corrected chi connectivity index (χ4v) is 4.06. The number of carboxylic acids is 1. The highest BCUT2D eigenvalue weighted by atomic mass is 35.5. The molecular formula is C16H20ClN3O4. The van der Waals surface area contributed by atoms with Gasteiger partial charge in [-0.25, -0.2) is 9.78 Å². The molecular weight excluding hydrogens is 334 g/mol. The molecule has 0 bridgehead atoms. The Balaban J connectivity index is 1.60. The van der Waals surface area contributed by atoms with E-state index in [4.69, 9.17) is 16.3 Å². The fourth-order valence-electron chi connectivity index (χ4n) is 3.79. The van der Waals surface area contributed by atoms with Gasteiger partial charge in [-0.1, -0.05) is 18.0 Å². The Morgan fingerprint density at radius 1 is 1.58 bits per heavy atom. The van der Waals surface area contributed by atoms with Crippen LogP contribution >= 0.6 is 11.6 Å². The number of nitrogens with one attached hydrogen (secondary N) is 1. The van der Waals surface area contributed by atoms with Crippen LogP contribution in [0.4, 0.5) is 4.79 Å². The van der Waals surface area contributed by atoms with Crippen molar-refractivity contribution in [2.75, 3.05) is 20.2 Å². The number of carbonyl (C=O) groups is 2. The molecule has 0 radical (unpaired) electrons. The first-order valence-electron chi connectivity index (χ1n) is 7.91. The number of carbonyl (C=O) groups excluding carboxylic acids is 1. The van der Waals surface area contributed by atoms with Crippen molar-refractivity contribution in [3.05, 3.63) is 22.8 Å². The molecule has 7 nitrogen and oxygen atoms in total. The van der Waals surface area contributed by atoms with Gasteiger partial charge in [0, 0.05) is 25.8 Å². The fraction of sp³-hybridized carbons (Fsp3) is 0.562. The van der Waals surface area contributed by atoms with E-state index in [1.54, 1.807) is 17.2 Å². The Bertz CT molecular complexity index is 669. The summed E-state index contributed by atoms with van der Waals surface area (Å²) in [5.41, 5.74) is -0.0102. The first-order chi connectivity index (χ1) is 11.5. The second-order valence-corrected chi connectivity index (χ2v) is 6.83. The number of nitrogens with zero attached hydrogens (tertiary/aromatic N) is 2. The minimum Gasteiger partial charge on any atom is -0.481 e. The van der Waals surface area contributed by atoms with Crippen LogP contribution in [-0.4, -0.2) is 47.2 Å². The van der Waals surface area contributed by atoms with Crippen molar-refractivity contribution >= 4 is 23.6 Å². The van der Waals surface area contributed by atoms with Gasteiger partial charge in [-0.2, -0.15) is 0 Å². The van der Waals surface area contributed by atoms with Gasteiger partial charge in [-0.05, 0) is 30.4 Å². The van der Waals surface area contributed by atoms with E-state index in [1.807, 2.05) is 0 Å². The molecule has 1 aliphatic heterocycles. The van der Waals surface area contributed by atoms with Gasteiger partial charge >= 0.3 is 12.0 Å². The molecule has 2 amide bonds. The molecule has 24 heavy (non-hydrogen) atoms. The van der Waals surface area contributed by atoms with E-state index in [0.717, 1.165) is 18.4 Å². The average molecular weight is 354 g/mol. The molecule has 1 aromatic heterocycles. The van der Waals surface area contributed by atoms with Gasteiger partial charge in [-0.3, -0.25) is 4.79 Å². The van der Waals surface area contributed by atoms with Crippen LogP contribution in [0, 0.1) is 11.3 Å². The molecule has 3 rings (SSSR count). The van der Waals surface area contributed by atoms with Crippen LogP contribution in [0.15, 0.2) is 12.3 Å². The summed E-state index contributed by atoms with van der Waals surface area (Å²) in [5.74, 6) is -0.396. The van der Waals surface area contributed by atoms with Gasteiger partial charge in [0.25, 0.3) is 0 Å². The van der Waals surface area contributed by atoms with Crippen molar-refractivity contribution in [2.24, 2.45) is 11.3 Å². The zero-order chi connectivity index (χ0) is 17.3. The van der Waals surface area contributed by atoms with Crippen molar-refractivity contribution in [1.29, 1.82) is 0 Å². The highest BCUT2D eigenvalue weighted by Gasteiger charge is 2.55. The van der Waals surface area contributed by atoms with E-state index >= 15 is 0 Å². The van der Waals surface area contributed by atoms with E-state index in [1.165, 1.54) is 7.11 Å². The molecule has 0 aromatic carbocycles. The smallest absolute Gasteiger partial charge is 0.317 e. The summed E-state index contributed by atoms with van der Waals surface area (Å²) in [5, 5.41) is 12.8. The SMILES string of the molecule is COc1ncc(CNC(=O)N2C[C@@H]3CCC[C@@]3(C(=O)O)C2)cc1Cl. The highest BCUT2D eigenvalue weighted by Crippen LogP contribution is 2.48. The van der Waals surface area contributed by atoms with Gasteiger partial charge in [-0.15, -0.1) is 0 Å². The molecule has 8 heteroatoms. The number of amides is 2. The van der Waals surface area contributed by atoms with Crippen LogP contribution in [0.5, 0.6) is 5.88 Å². The minimum absolute atomic E-state index is 0.0536. The minimum atomic E-state index is -0.786. The van der Waals surface area contributed by atoms with Crippen molar-refractivity contribution in [2.45, 2.75) is 25.8 Å². The number of pyridine rings is 1. The van der Waals surface area contributed by atoms with Crippen molar-refractivity contribution < 1.29 is 19.4 Å². The van der Waals surface area contributed by atoms with E-state index in [-0.39, 0.29) is 25.0 Å². The number of carboxylic acid groups (broad SMARTS) is 1. The number of halogens is 1. The van der Waals surface area contributed by atoms with Crippen LogP contribution in [0.25, 0.3) is 0 Å². The molecule has 2 fully saturated rings. The van der Waals surface area contributed by atoms with Crippen LogP contribution in [0.1, 0.15) is 24.8 Å². The Hall–Kier alpha value is -2.02. The van der Waals surface area contributed by atoms with E-state index in [9.17, 15) is 14.7 Å². The molecule has 1 aliphatic carbocycles. The number of aliphatic carboxylic acids is 1. The molecule has 2 heterocycles. The number of hydrogen-bond acceptors (Lipinski definition) is 4. The molecule has 0 spiro atoms. The lowest BCUT2D eigenvalue weighted by atomic mass is 9.81. The number of likely N-dealkylation sites (tertiary alicyclic amines) is 1. The quantitative estimate of drug-likeness (QED) is 0.865. The topological polar surface area (TPSA) is 91.8 Å². The van der Waals surface area contributed by atoms with Crippen LogP contribution in [-0.2, 0) is 11.3 Å². The summed E-state index contributed by atoms with van der Waals surface area (Å²) in [6.07, 6.45) is 4.02. The lowest BCUT2D eigenvalue weighted by Gasteiger charge is -2.23. The normalized spacial score (nSPS) is 25.4. The number of ether oxygens (including phenoxy) is 1. The number of rotatable bonds is 4. The molecule has 2 aliphatic rings. The second-order valence-electron chi connectivity index (χ2n) is 6.42. The van der Waals surface area contributed by atoms with Gasteiger partial charge in [0.1, 0.15) is 5.02 Å². The number of fused-ring (bicyclic) bond motifs is 1. The first kappa shape index (κ1) is 16.8. The largest absolute Gasteiger partial charge is 0.481 e. The molecule has 1 saturated carbocycles. The maximum atomic E-state index is 12.4. The molecule has 2 N–H and O–H groups in total. The Kier molecular flexibility index (Phi) is 4.54. The van der Waals surface area contributed by atoms with Gasteiger partial charge in [0.15, 0.2) is 0 Å². The molecule has 1 saturated heterocycles. The predicted octanol–water partition coefficient (Wildman–Crippen LogP) is 2.14. The standard InChI is InChI=1S/C16H20ClN3O4/c1-24-13-12(17)5-10(6-18-13)7-19-15(23)20-8-11-3-2-4-16(11,9-20)14(21)22/h5-6,11H,2-4,7-9H2,1H3,(H,19,23)(H,21,22)/t11-,16+/m0/s1. The summed E-state index contributed by atoms with van der Waals surface area (Å²) in [6, 6.07) is 1.43. The average Bonchev–Trinajstić information content (AvgIpc) is 3.11. The van der Waals surface area contributed by atoms with Gasteiger partial charge in [0.05, 0.1) is 12.5 Å². The number of methoxy groups -OCH3 is 1. The van der Waals surface area contributed by atoms with Gasteiger partial charge in [0.2, 0.25) is 5.88 Å². The summed E-state index contributed by atoms with van der Waals surface area (Å²) in [4.78, 5) is 29.7. The van der Waals surface area contributed by atoms with E-state index < -0.39 is 11.4 Å². The first-order valence-corrected chi connectivity index (χ1v) is 8.28. The van der Waals surface area contributed by atoms with E-state index in [0.29, 0.717) is 23.9 Å². The lowest BCUT2D eigenvalue weighted by Crippen LogP contribution is -2.41. The zero-order valence-electron chi connectivity index (χ0n) is 13.4. The molecule has 1 aromatic rings.